The van der Waals surface area contributed by atoms with Crippen LogP contribution in [0.3, 0.4) is 0 Å². The maximum atomic E-state index is 6.30. The minimum atomic E-state index is -2.10. The molecule has 0 spiro atoms. The molecule has 1 aliphatic carbocycles. The predicted molar refractivity (Wildman–Crippen MR) is 173 cm³/mol. The van der Waals surface area contributed by atoms with E-state index in [2.05, 4.69) is 88.4 Å². The summed E-state index contributed by atoms with van der Waals surface area (Å²) in [6, 6.07) is 21.6. The van der Waals surface area contributed by atoms with Crippen molar-refractivity contribution in [2.24, 2.45) is 4.74 Å². The van der Waals surface area contributed by atoms with Gasteiger partial charge in [-0.2, -0.15) is 0 Å². The van der Waals surface area contributed by atoms with E-state index in [1.807, 2.05) is 0 Å². The van der Waals surface area contributed by atoms with Crippen LogP contribution in [-0.2, 0) is 9.47 Å². The average Bonchev–Trinajstić information content (AvgIpc) is 3.35. The molecule has 1 aromatic heterocycles. The molecule has 1 saturated carbocycles. The van der Waals surface area contributed by atoms with Crippen LogP contribution in [0.5, 0.6) is 0 Å². The molecule has 2 aromatic carbocycles. The second-order valence-corrected chi connectivity index (χ2v) is 15.2. The first-order valence-electron chi connectivity index (χ1n) is 15.3. The van der Waals surface area contributed by atoms with Crippen molar-refractivity contribution in [2.75, 3.05) is 52.6 Å². The van der Waals surface area contributed by atoms with Crippen molar-refractivity contribution in [1.82, 2.24) is 13.9 Å². The fraction of sp³-hybridized carbons (Fsp3) is 0.485. The summed E-state index contributed by atoms with van der Waals surface area (Å²) in [5.74, 6) is 0. The largest absolute Gasteiger partial charge is 0.379 e. The van der Waals surface area contributed by atoms with Crippen LogP contribution < -0.4 is 0 Å². The van der Waals surface area contributed by atoms with Gasteiger partial charge >= 0.3 is 0 Å². The number of benzene rings is 2. The van der Waals surface area contributed by atoms with Gasteiger partial charge in [-0.1, -0.05) is 73.9 Å². The number of thiocarbonyl (C=S) groups is 1. The number of aryl methyl sites for hydroxylation is 1. The lowest BCUT2D eigenvalue weighted by Crippen LogP contribution is -2.46. The van der Waals surface area contributed by atoms with Crippen molar-refractivity contribution in [3.8, 4) is 16.8 Å². The zero-order valence-corrected chi connectivity index (χ0v) is 26.2. The first-order valence-corrected chi connectivity index (χ1v) is 17.4. The molecule has 0 N–H and O–H groups in total. The monoisotopic (exact) mass is 590 g/mol. The molecule has 0 bridgehead atoms. The summed E-state index contributed by atoms with van der Waals surface area (Å²) in [4.78, 5) is 0.766. The molecule has 3 fully saturated rings. The molecule has 2 aliphatic heterocycles. The Bertz CT molecular complexity index is 1330. The molecule has 0 amide bonds. The Morgan fingerprint density at radius 1 is 0.780 bits per heavy atom. The van der Waals surface area contributed by atoms with Crippen LogP contribution in [0.2, 0.25) is 0 Å². The molecule has 3 heterocycles. The van der Waals surface area contributed by atoms with Crippen LogP contribution in [-0.4, -0.2) is 77.2 Å². The first kappa shape index (κ1) is 29.0. The summed E-state index contributed by atoms with van der Waals surface area (Å²) in [5.41, 5.74) is 7.60. The van der Waals surface area contributed by atoms with Crippen LogP contribution in [0.15, 0.2) is 65.4 Å². The Hall–Kier alpha value is -2.12. The second kappa shape index (κ2) is 13.0. The van der Waals surface area contributed by atoms with Gasteiger partial charge in [-0.25, -0.2) is 4.74 Å². The fourth-order valence-electron chi connectivity index (χ4n) is 6.97. The van der Waals surface area contributed by atoms with E-state index in [1.54, 1.807) is 0 Å². The zero-order chi connectivity index (χ0) is 28.2. The van der Waals surface area contributed by atoms with E-state index < -0.39 is 7.36 Å². The van der Waals surface area contributed by atoms with Crippen LogP contribution in [0, 0.1) is 13.8 Å². The van der Waals surface area contributed by atoms with Crippen LogP contribution >= 0.6 is 19.6 Å². The van der Waals surface area contributed by atoms with Crippen molar-refractivity contribution < 1.29 is 9.47 Å². The summed E-state index contributed by atoms with van der Waals surface area (Å²) >= 11 is 6.30. The number of hydrogen-bond acceptors (Lipinski definition) is 3. The summed E-state index contributed by atoms with van der Waals surface area (Å²) in [6.07, 6.45) is 6.38. The van der Waals surface area contributed by atoms with Crippen LogP contribution in [0.4, 0.5) is 0 Å². The van der Waals surface area contributed by atoms with Crippen molar-refractivity contribution >= 4 is 24.6 Å². The van der Waals surface area contributed by atoms with E-state index in [0.29, 0.717) is 5.66 Å². The quantitative estimate of drug-likeness (QED) is 0.220. The summed E-state index contributed by atoms with van der Waals surface area (Å²) in [6.45, 7) is 11.2. The van der Waals surface area contributed by atoms with Gasteiger partial charge in [0, 0.05) is 54.5 Å². The number of hydrogen-bond donors (Lipinski definition) is 0. The molecule has 41 heavy (non-hydrogen) atoms. The number of ether oxygens (including phenoxy) is 2. The Balaban J connectivity index is 1.40. The Labute approximate surface area is 250 Å². The van der Waals surface area contributed by atoms with Gasteiger partial charge < -0.3 is 14.0 Å². The Kier molecular flexibility index (Phi) is 9.21. The fourth-order valence-corrected chi connectivity index (χ4v) is 12.2. The number of rotatable bonds is 6. The maximum absolute atomic E-state index is 6.30. The highest BCUT2D eigenvalue weighted by Crippen LogP contribution is 2.64. The van der Waals surface area contributed by atoms with E-state index in [0.717, 1.165) is 74.5 Å². The molecule has 218 valence electrons. The lowest BCUT2D eigenvalue weighted by Gasteiger charge is -2.51. The summed E-state index contributed by atoms with van der Waals surface area (Å²) < 4.78 is 25.2. The smallest absolute Gasteiger partial charge is 0.136 e. The highest BCUT2D eigenvalue weighted by Gasteiger charge is 2.43. The van der Waals surface area contributed by atoms with Crippen molar-refractivity contribution in [3.05, 3.63) is 77.6 Å². The minimum Gasteiger partial charge on any atom is -0.379 e. The SMILES string of the molecule is Cc1cc(C(=S)N=P(C2CCCCC2)(N2CCOCC2)N2CCOCC2)c(C)n1-c1ccc(-c2ccccc2)cc1. The van der Waals surface area contributed by atoms with Gasteiger partial charge in [-0.15, -0.1) is 0 Å². The molecular weight excluding hydrogens is 547 g/mol. The molecule has 3 aliphatic rings. The van der Waals surface area contributed by atoms with E-state index in [9.17, 15) is 0 Å². The molecule has 2 saturated heterocycles. The normalized spacial score (nSPS) is 19.8. The van der Waals surface area contributed by atoms with Gasteiger partial charge in [0.25, 0.3) is 0 Å². The highest BCUT2D eigenvalue weighted by atomic mass is 32.1. The van der Waals surface area contributed by atoms with Gasteiger partial charge in [-0.05, 0) is 56.0 Å². The van der Waals surface area contributed by atoms with E-state index in [4.69, 9.17) is 26.4 Å². The van der Waals surface area contributed by atoms with Crippen LogP contribution in [0.25, 0.3) is 16.8 Å². The summed E-state index contributed by atoms with van der Waals surface area (Å²) in [7, 11) is -2.10. The standard InChI is InChI=1S/C33H43N4O2PS/c1-26-25-32(27(2)37(26)30-15-13-29(14-16-30)28-9-5-3-6-10-28)33(41)34-40(31-11-7-4-8-12-31,35-17-21-38-22-18-35)36-19-23-39-24-20-36/h3,5-6,9-10,13-16,25,31H,4,7-8,11-12,17-24H2,1-2H3. The van der Waals surface area contributed by atoms with E-state index in [1.165, 1.54) is 48.9 Å². The van der Waals surface area contributed by atoms with Gasteiger partial charge in [-0.3, -0.25) is 9.34 Å². The molecule has 6 rings (SSSR count). The lowest BCUT2D eigenvalue weighted by atomic mass is 10.0. The van der Waals surface area contributed by atoms with Gasteiger partial charge in [0.1, 0.15) is 12.3 Å². The Morgan fingerprint density at radius 3 is 1.93 bits per heavy atom. The van der Waals surface area contributed by atoms with Crippen molar-refractivity contribution in [1.29, 1.82) is 0 Å². The van der Waals surface area contributed by atoms with Gasteiger partial charge in [0.15, 0.2) is 0 Å². The number of aromatic nitrogens is 1. The third-order valence-electron chi connectivity index (χ3n) is 9.00. The lowest BCUT2D eigenvalue weighted by molar-refractivity contribution is 0.0555. The number of morpholine rings is 2. The molecular formula is C33H43N4O2PS. The number of nitrogens with zero attached hydrogens (tertiary/aromatic N) is 4. The topological polar surface area (TPSA) is 42.2 Å². The third-order valence-corrected chi connectivity index (χ3v) is 13.9. The third kappa shape index (κ3) is 5.90. The molecule has 6 nitrogen and oxygen atoms in total. The predicted octanol–water partition coefficient (Wildman–Crippen LogP) is 7.46. The van der Waals surface area contributed by atoms with E-state index in [-0.39, 0.29) is 0 Å². The minimum absolute atomic E-state index is 0.555. The van der Waals surface area contributed by atoms with Crippen LogP contribution in [0.1, 0.15) is 49.1 Å². The maximum Gasteiger partial charge on any atom is 0.136 e. The van der Waals surface area contributed by atoms with E-state index >= 15 is 0 Å². The van der Waals surface area contributed by atoms with Crippen molar-refractivity contribution in [2.45, 2.75) is 51.6 Å². The van der Waals surface area contributed by atoms with Gasteiger partial charge in [0.05, 0.1) is 26.4 Å². The Morgan fingerprint density at radius 2 is 1.34 bits per heavy atom. The highest BCUT2D eigenvalue weighted by molar-refractivity contribution is 7.81. The second-order valence-electron chi connectivity index (χ2n) is 11.5. The van der Waals surface area contributed by atoms with Gasteiger partial charge in [0.2, 0.25) is 0 Å². The molecule has 8 heteroatoms. The molecule has 0 radical (unpaired) electrons. The molecule has 3 aromatic rings. The first-order chi connectivity index (χ1) is 20.1. The zero-order valence-electron chi connectivity index (χ0n) is 24.5. The molecule has 0 unspecified atom stereocenters. The molecule has 0 atom stereocenters. The summed E-state index contributed by atoms with van der Waals surface area (Å²) in [5, 5.41) is 0. The van der Waals surface area contributed by atoms with Crippen molar-refractivity contribution in [3.63, 3.8) is 0 Å². The average molecular weight is 591 g/mol.